The number of para-hydroxylation sites is 1. The van der Waals surface area contributed by atoms with Gasteiger partial charge in [-0.3, -0.25) is 4.79 Å². The van der Waals surface area contributed by atoms with Crippen molar-refractivity contribution in [1.29, 1.82) is 0 Å². The summed E-state index contributed by atoms with van der Waals surface area (Å²) in [5, 5.41) is 0. The molecular formula is C15H17Cl2NO2. The highest BCUT2D eigenvalue weighted by atomic mass is 35.5. The third-order valence-electron chi connectivity index (χ3n) is 4.16. The van der Waals surface area contributed by atoms with Crippen molar-refractivity contribution in [2.75, 3.05) is 6.54 Å². The van der Waals surface area contributed by atoms with Gasteiger partial charge in [-0.25, -0.2) is 0 Å². The second-order valence-electron chi connectivity index (χ2n) is 5.94. The van der Waals surface area contributed by atoms with Gasteiger partial charge in [0, 0.05) is 12.1 Å². The van der Waals surface area contributed by atoms with Crippen molar-refractivity contribution in [3.05, 3.63) is 29.8 Å². The zero-order valence-corrected chi connectivity index (χ0v) is 13.0. The van der Waals surface area contributed by atoms with Crippen LogP contribution in [0.5, 0.6) is 5.75 Å². The van der Waals surface area contributed by atoms with Gasteiger partial charge in [0.15, 0.2) is 0 Å². The second kappa shape index (κ2) is 4.54. The normalized spacial score (nSPS) is 31.0. The van der Waals surface area contributed by atoms with Gasteiger partial charge < -0.3 is 9.64 Å². The van der Waals surface area contributed by atoms with Crippen molar-refractivity contribution in [3.63, 3.8) is 0 Å². The fourth-order valence-corrected chi connectivity index (χ4v) is 3.42. The number of rotatable bonds is 1. The minimum atomic E-state index is -0.931. The lowest BCUT2D eigenvalue weighted by Gasteiger charge is -2.26. The summed E-state index contributed by atoms with van der Waals surface area (Å²) in [6.45, 7) is 4.88. The van der Waals surface area contributed by atoms with E-state index in [0.29, 0.717) is 19.5 Å². The third kappa shape index (κ3) is 2.17. The number of nitrogens with zero attached hydrogens (tertiary/aromatic N) is 1. The van der Waals surface area contributed by atoms with E-state index < -0.39 is 9.75 Å². The van der Waals surface area contributed by atoms with E-state index in [1.54, 1.807) is 0 Å². The van der Waals surface area contributed by atoms with Crippen LogP contribution in [0, 0.1) is 5.41 Å². The van der Waals surface area contributed by atoms with Gasteiger partial charge >= 0.3 is 0 Å². The number of alkyl halides is 2. The quantitative estimate of drug-likeness (QED) is 0.744. The number of benzene rings is 1. The van der Waals surface area contributed by atoms with Crippen molar-refractivity contribution in [2.45, 2.75) is 37.3 Å². The molecule has 1 aromatic rings. The molecule has 108 valence electrons. The van der Waals surface area contributed by atoms with Gasteiger partial charge in [-0.1, -0.05) is 18.2 Å². The molecule has 1 amide bonds. The Labute approximate surface area is 128 Å². The maximum Gasteiger partial charge on any atom is 0.232 e. The minimum Gasteiger partial charge on any atom is -0.489 e. The van der Waals surface area contributed by atoms with Crippen LogP contribution < -0.4 is 4.74 Å². The van der Waals surface area contributed by atoms with Crippen LogP contribution in [0.1, 0.15) is 25.8 Å². The summed E-state index contributed by atoms with van der Waals surface area (Å²) >= 11 is 12.3. The number of amides is 1. The summed E-state index contributed by atoms with van der Waals surface area (Å²) in [4.78, 5) is 14.5. The molecule has 0 aromatic heterocycles. The minimum absolute atomic E-state index is 0.00894. The maximum atomic E-state index is 12.7. The zero-order chi connectivity index (χ0) is 14.5. The first-order valence-corrected chi connectivity index (χ1v) is 7.51. The molecule has 0 spiro atoms. The molecule has 1 unspecified atom stereocenters. The summed E-state index contributed by atoms with van der Waals surface area (Å²) in [7, 11) is 0. The summed E-state index contributed by atoms with van der Waals surface area (Å²) in [6.07, 6.45) is 0.458. The summed E-state index contributed by atoms with van der Waals surface area (Å²) in [6, 6.07) is 7.81. The Morgan fingerprint density at radius 3 is 2.70 bits per heavy atom. The van der Waals surface area contributed by atoms with Crippen LogP contribution in [0.2, 0.25) is 0 Å². The van der Waals surface area contributed by atoms with Gasteiger partial charge in [0.05, 0.1) is 12.0 Å². The monoisotopic (exact) mass is 313 g/mol. The van der Waals surface area contributed by atoms with E-state index in [9.17, 15) is 4.79 Å². The number of carbonyl (C=O) groups is 1. The fraction of sp³-hybridized carbons (Fsp3) is 0.533. The maximum absolute atomic E-state index is 12.7. The van der Waals surface area contributed by atoms with E-state index in [2.05, 4.69) is 0 Å². The molecule has 0 radical (unpaired) electrons. The SMILES string of the molecule is C[C@H]1CN(C(=O)C2(C)CC2(Cl)Cl)Cc2ccccc2O1. The molecule has 2 aliphatic rings. The lowest BCUT2D eigenvalue weighted by atomic mass is 10.1. The predicted octanol–water partition coefficient (Wildman–Crippen LogP) is 3.38. The molecule has 3 rings (SSSR count). The Hall–Kier alpha value is -0.930. The van der Waals surface area contributed by atoms with Gasteiger partial charge in [0.25, 0.3) is 0 Å². The molecule has 0 saturated heterocycles. The highest BCUT2D eigenvalue weighted by Crippen LogP contribution is 2.64. The Bertz CT molecular complexity index is 561. The highest BCUT2D eigenvalue weighted by molar-refractivity contribution is 6.53. The molecule has 1 aliphatic carbocycles. The van der Waals surface area contributed by atoms with E-state index in [0.717, 1.165) is 11.3 Å². The van der Waals surface area contributed by atoms with Gasteiger partial charge in [-0.05, 0) is 26.3 Å². The molecule has 5 heteroatoms. The molecule has 2 atom stereocenters. The van der Waals surface area contributed by atoms with Gasteiger partial charge in [-0.2, -0.15) is 0 Å². The number of hydrogen-bond acceptors (Lipinski definition) is 2. The number of ether oxygens (including phenoxy) is 1. The Kier molecular flexibility index (Phi) is 3.18. The molecule has 1 heterocycles. The molecule has 0 N–H and O–H groups in total. The summed E-state index contributed by atoms with van der Waals surface area (Å²) < 4.78 is 4.93. The lowest BCUT2D eigenvalue weighted by molar-refractivity contribution is -0.137. The molecule has 1 aromatic carbocycles. The number of hydrogen-bond donors (Lipinski definition) is 0. The molecule has 1 aliphatic heterocycles. The van der Waals surface area contributed by atoms with E-state index in [1.165, 1.54) is 0 Å². The predicted molar refractivity (Wildman–Crippen MR) is 79.1 cm³/mol. The van der Waals surface area contributed by atoms with Gasteiger partial charge in [0.1, 0.15) is 16.2 Å². The first-order chi connectivity index (χ1) is 9.33. The van der Waals surface area contributed by atoms with E-state index >= 15 is 0 Å². The van der Waals surface area contributed by atoms with Crippen molar-refractivity contribution in [1.82, 2.24) is 4.90 Å². The van der Waals surface area contributed by atoms with E-state index in [4.69, 9.17) is 27.9 Å². The molecule has 1 fully saturated rings. The van der Waals surface area contributed by atoms with Crippen molar-refractivity contribution in [2.24, 2.45) is 5.41 Å². The standard InChI is InChI=1S/C15H17Cl2NO2/c1-10-7-18(13(19)14(2)9-15(14,16)17)8-11-5-3-4-6-12(11)20-10/h3-6,10H,7-9H2,1-2H3/t10-,14?/m0/s1. The van der Waals surface area contributed by atoms with Crippen molar-refractivity contribution < 1.29 is 9.53 Å². The topological polar surface area (TPSA) is 29.5 Å². The molecular weight excluding hydrogens is 297 g/mol. The molecule has 1 saturated carbocycles. The third-order valence-corrected chi connectivity index (χ3v) is 5.26. The van der Waals surface area contributed by atoms with Crippen molar-refractivity contribution >= 4 is 29.1 Å². The van der Waals surface area contributed by atoms with E-state index in [1.807, 2.05) is 43.0 Å². The van der Waals surface area contributed by atoms with Crippen LogP contribution >= 0.6 is 23.2 Å². The molecule has 20 heavy (non-hydrogen) atoms. The molecule has 0 bridgehead atoms. The number of halogens is 2. The van der Waals surface area contributed by atoms with Gasteiger partial charge in [-0.15, -0.1) is 23.2 Å². The molecule has 3 nitrogen and oxygen atoms in total. The van der Waals surface area contributed by atoms with Crippen LogP contribution in [-0.2, 0) is 11.3 Å². The van der Waals surface area contributed by atoms with Crippen molar-refractivity contribution in [3.8, 4) is 5.75 Å². The van der Waals surface area contributed by atoms with E-state index in [-0.39, 0.29) is 12.0 Å². The Morgan fingerprint density at radius 2 is 2.05 bits per heavy atom. The summed E-state index contributed by atoms with van der Waals surface area (Å²) in [5.41, 5.74) is 0.346. The Balaban J connectivity index is 1.87. The smallest absolute Gasteiger partial charge is 0.232 e. The fourth-order valence-electron chi connectivity index (χ4n) is 2.72. The number of carbonyl (C=O) groups excluding carboxylic acids is 1. The van der Waals surface area contributed by atoms with Gasteiger partial charge in [0.2, 0.25) is 5.91 Å². The largest absolute Gasteiger partial charge is 0.489 e. The average Bonchev–Trinajstić information content (AvgIpc) is 2.95. The first-order valence-electron chi connectivity index (χ1n) is 6.75. The average molecular weight is 314 g/mol. The van der Waals surface area contributed by atoms with Crippen LogP contribution in [0.25, 0.3) is 0 Å². The zero-order valence-electron chi connectivity index (χ0n) is 11.5. The van der Waals surface area contributed by atoms with Crippen LogP contribution in [0.4, 0.5) is 0 Å². The number of fused-ring (bicyclic) bond motifs is 1. The Morgan fingerprint density at radius 1 is 1.40 bits per heavy atom. The summed E-state index contributed by atoms with van der Waals surface area (Å²) in [5.74, 6) is 0.855. The van der Waals surface area contributed by atoms with Crippen LogP contribution in [0.3, 0.4) is 0 Å². The van der Waals surface area contributed by atoms with Crippen LogP contribution in [0.15, 0.2) is 24.3 Å². The first kappa shape index (κ1) is 14.0. The second-order valence-corrected chi connectivity index (χ2v) is 7.42. The van der Waals surface area contributed by atoms with Crippen LogP contribution in [-0.4, -0.2) is 27.8 Å². The lowest BCUT2D eigenvalue weighted by Crippen LogP contribution is -2.41. The highest BCUT2D eigenvalue weighted by Gasteiger charge is 2.68.